The highest BCUT2D eigenvalue weighted by Crippen LogP contribution is 2.21. The molecule has 2 rings (SSSR count). The first-order valence-electron chi connectivity index (χ1n) is 5.49. The molecule has 0 saturated heterocycles. The van der Waals surface area contributed by atoms with Gasteiger partial charge in [-0.15, -0.1) is 0 Å². The van der Waals surface area contributed by atoms with Gasteiger partial charge in [-0.05, 0) is 0 Å². The molecule has 17 heavy (non-hydrogen) atoms. The largest absolute Gasteiger partial charge is 0.370 e. The number of hydrogen-bond donors (Lipinski definition) is 0. The first-order valence-corrected chi connectivity index (χ1v) is 7.31. The molecule has 0 spiro atoms. The molecule has 5 nitrogen and oxygen atoms in total. The molecule has 2 aliphatic rings. The number of hydrogen-bond acceptors (Lipinski definition) is 5. The zero-order valence-corrected chi connectivity index (χ0v) is 10.4. The Morgan fingerprint density at radius 3 is 2.53 bits per heavy atom. The molecule has 0 saturated carbocycles. The molecule has 0 fully saturated rings. The summed E-state index contributed by atoms with van der Waals surface area (Å²) in [6.07, 6.45) is 8.08. The van der Waals surface area contributed by atoms with Crippen molar-refractivity contribution in [1.82, 2.24) is 0 Å². The van der Waals surface area contributed by atoms with Gasteiger partial charge in [0.2, 0.25) is 0 Å². The van der Waals surface area contributed by atoms with Crippen LogP contribution in [0.1, 0.15) is 6.42 Å². The minimum atomic E-state index is -3.50. The molecule has 0 aromatic heterocycles. The Morgan fingerprint density at radius 1 is 1.29 bits per heavy atom. The third kappa shape index (κ3) is 3.92. The van der Waals surface area contributed by atoms with Crippen LogP contribution in [0.25, 0.3) is 0 Å². The predicted molar refractivity (Wildman–Crippen MR) is 62.1 cm³/mol. The third-order valence-electron chi connectivity index (χ3n) is 2.60. The lowest BCUT2D eigenvalue weighted by molar-refractivity contribution is 0.00185. The Morgan fingerprint density at radius 2 is 2.00 bits per heavy atom. The molecule has 0 N–H and O–H groups in total. The quantitative estimate of drug-likeness (QED) is 0.536. The highest BCUT2D eigenvalue weighted by Gasteiger charge is 2.29. The van der Waals surface area contributed by atoms with Gasteiger partial charge in [-0.25, -0.2) is 0 Å². The number of rotatable bonds is 5. The molecule has 2 aliphatic heterocycles. The fourth-order valence-corrected chi connectivity index (χ4v) is 2.55. The monoisotopic (exact) mass is 260 g/mol. The zero-order chi connectivity index (χ0) is 12.3. The van der Waals surface area contributed by atoms with Crippen LogP contribution in [0.15, 0.2) is 24.3 Å². The maximum atomic E-state index is 11.2. The van der Waals surface area contributed by atoms with Crippen LogP contribution in [0, 0.1) is 0 Å². The van der Waals surface area contributed by atoms with Gasteiger partial charge in [0.1, 0.15) is 12.2 Å². The van der Waals surface area contributed by atoms with Gasteiger partial charge in [-0.3, -0.25) is 4.18 Å². The smallest absolute Gasteiger partial charge is 0.264 e. The van der Waals surface area contributed by atoms with Gasteiger partial charge in [0.15, 0.2) is 0 Å². The highest BCUT2D eigenvalue weighted by molar-refractivity contribution is 7.86. The molecule has 3 unspecified atom stereocenters. The van der Waals surface area contributed by atoms with E-state index in [0.29, 0.717) is 19.6 Å². The highest BCUT2D eigenvalue weighted by atomic mass is 32.2. The molecular formula is C11H16O5S. The van der Waals surface area contributed by atoms with Crippen molar-refractivity contribution in [3.8, 4) is 0 Å². The van der Waals surface area contributed by atoms with E-state index in [1.807, 2.05) is 24.3 Å². The maximum Gasteiger partial charge on any atom is 0.264 e. The Bertz CT molecular complexity index is 412. The van der Waals surface area contributed by atoms with Gasteiger partial charge < -0.3 is 9.47 Å². The van der Waals surface area contributed by atoms with Crippen molar-refractivity contribution in [1.29, 1.82) is 0 Å². The molecule has 3 atom stereocenters. The Labute approximate surface area is 101 Å². The van der Waals surface area contributed by atoms with E-state index in [0.717, 1.165) is 6.26 Å². The predicted octanol–water partition coefficient (Wildman–Crippen LogP) is 0.631. The van der Waals surface area contributed by atoms with Crippen molar-refractivity contribution < 1.29 is 22.1 Å². The Kier molecular flexibility index (Phi) is 3.98. The SMILES string of the molecule is CS(=O)(=O)OC(CC1C=CCO1)C1C=CCO1. The van der Waals surface area contributed by atoms with Gasteiger partial charge in [0.25, 0.3) is 10.1 Å². The first kappa shape index (κ1) is 12.8. The first-order chi connectivity index (χ1) is 8.04. The van der Waals surface area contributed by atoms with Crippen LogP contribution in [0.5, 0.6) is 0 Å². The second-order valence-corrected chi connectivity index (χ2v) is 5.70. The van der Waals surface area contributed by atoms with Gasteiger partial charge in [-0.2, -0.15) is 8.42 Å². The molecule has 0 aromatic carbocycles. The molecule has 96 valence electrons. The number of ether oxygens (including phenoxy) is 2. The van der Waals surface area contributed by atoms with Crippen LogP contribution in [0.2, 0.25) is 0 Å². The minimum Gasteiger partial charge on any atom is -0.370 e. The van der Waals surface area contributed by atoms with Crippen molar-refractivity contribution in [2.45, 2.75) is 24.7 Å². The lowest BCUT2D eigenvalue weighted by Crippen LogP contribution is -2.33. The fraction of sp³-hybridized carbons (Fsp3) is 0.636. The second kappa shape index (κ2) is 5.30. The van der Waals surface area contributed by atoms with E-state index in [1.54, 1.807) is 0 Å². The lowest BCUT2D eigenvalue weighted by Gasteiger charge is -2.23. The van der Waals surface area contributed by atoms with E-state index in [4.69, 9.17) is 13.7 Å². The van der Waals surface area contributed by atoms with E-state index in [9.17, 15) is 8.42 Å². The summed E-state index contributed by atoms with van der Waals surface area (Å²) >= 11 is 0. The van der Waals surface area contributed by atoms with E-state index in [-0.39, 0.29) is 12.2 Å². The van der Waals surface area contributed by atoms with Crippen molar-refractivity contribution in [3.05, 3.63) is 24.3 Å². The molecule has 0 aliphatic carbocycles. The zero-order valence-electron chi connectivity index (χ0n) is 9.61. The maximum absolute atomic E-state index is 11.2. The van der Waals surface area contributed by atoms with Crippen molar-refractivity contribution in [2.75, 3.05) is 19.5 Å². The molecule has 0 bridgehead atoms. The minimum absolute atomic E-state index is 0.0978. The summed E-state index contributed by atoms with van der Waals surface area (Å²) in [5.41, 5.74) is 0. The summed E-state index contributed by atoms with van der Waals surface area (Å²) in [5, 5.41) is 0. The summed E-state index contributed by atoms with van der Waals surface area (Å²) < 4.78 is 38.3. The standard InChI is InChI=1S/C11H16O5S/c1-17(12,13)16-11(10-5-3-7-15-10)8-9-4-2-6-14-9/h2-5,9-11H,6-8H2,1H3. The van der Waals surface area contributed by atoms with E-state index in [2.05, 4.69) is 0 Å². The van der Waals surface area contributed by atoms with E-state index < -0.39 is 16.2 Å². The topological polar surface area (TPSA) is 61.8 Å². The molecule has 0 radical (unpaired) electrons. The summed E-state index contributed by atoms with van der Waals surface area (Å²) in [4.78, 5) is 0. The Balaban J connectivity index is 2.00. The summed E-state index contributed by atoms with van der Waals surface area (Å²) in [7, 11) is -3.50. The molecule has 0 aromatic rings. The average Bonchev–Trinajstić information content (AvgIpc) is 2.86. The van der Waals surface area contributed by atoms with Gasteiger partial charge in [-0.1, -0.05) is 24.3 Å². The normalized spacial score (nSPS) is 29.9. The van der Waals surface area contributed by atoms with Crippen molar-refractivity contribution in [3.63, 3.8) is 0 Å². The molecule has 0 amide bonds. The summed E-state index contributed by atoms with van der Waals surface area (Å²) in [6.45, 7) is 1.06. The van der Waals surface area contributed by atoms with Gasteiger partial charge >= 0.3 is 0 Å². The van der Waals surface area contributed by atoms with Crippen molar-refractivity contribution >= 4 is 10.1 Å². The molecular weight excluding hydrogens is 244 g/mol. The average molecular weight is 260 g/mol. The third-order valence-corrected chi connectivity index (χ3v) is 3.19. The van der Waals surface area contributed by atoms with Gasteiger partial charge in [0, 0.05) is 6.42 Å². The van der Waals surface area contributed by atoms with Crippen LogP contribution in [0.4, 0.5) is 0 Å². The summed E-state index contributed by atoms with van der Waals surface area (Å²) in [6, 6.07) is 0. The fourth-order valence-electron chi connectivity index (χ4n) is 1.91. The van der Waals surface area contributed by atoms with Crippen LogP contribution in [0.3, 0.4) is 0 Å². The summed E-state index contributed by atoms with van der Waals surface area (Å²) in [5.74, 6) is 0. The van der Waals surface area contributed by atoms with Gasteiger partial charge in [0.05, 0.1) is 25.6 Å². The Hall–Kier alpha value is -0.690. The molecule has 6 heteroatoms. The van der Waals surface area contributed by atoms with Crippen LogP contribution in [-0.2, 0) is 23.8 Å². The van der Waals surface area contributed by atoms with Crippen molar-refractivity contribution in [2.24, 2.45) is 0 Å². The molecule has 2 heterocycles. The van der Waals surface area contributed by atoms with E-state index in [1.165, 1.54) is 0 Å². The second-order valence-electron chi connectivity index (χ2n) is 4.10. The van der Waals surface area contributed by atoms with Crippen LogP contribution < -0.4 is 0 Å². The van der Waals surface area contributed by atoms with Crippen LogP contribution >= 0.6 is 0 Å². The van der Waals surface area contributed by atoms with Crippen LogP contribution in [-0.4, -0.2) is 46.2 Å². The van der Waals surface area contributed by atoms with E-state index >= 15 is 0 Å². The lowest BCUT2D eigenvalue weighted by atomic mass is 10.1.